The molecule has 7 nitrogen and oxygen atoms in total. The van der Waals surface area contributed by atoms with Gasteiger partial charge in [-0.05, 0) is 19.1 Å². The van der Waals surface area contributed by atoms with Gasteiger partial charge in [0.25, 0.3) is 5.69 Å². The van der Waals surface area contributed by atoms with Crippen molar-refractivity contribution in [2.24, 2.45) is 5.92 Å². The maximum Gasteiger partial charge on any atom is 0.311 e. The number of carboxylic acids is 1. The van der Waals surface area contributed by atoms with Crippen LogP contribution in [0, 0.1) is 16.0 Å². The molecule has 1 aromatic carbocycles. The van der Waals surface area contributed by atoms with Gasteiger partial charge in [-0.15, -0.1) is 0 Å². The van der Waals surface area contributed by atoms with E-state index >= 15 is 0 Å². The molecular weight excluding hydrogens is 300 g/mol. The fourth-order valence-electron chi connectivity index (χ4n) is 2.56. The van der Waals surface area contributed by atoms with E-state index in [1.807, 2.05) is 6.92 Å². The van der Waals surface area contributed by atoms with Gasteiger partial charge in [-0.2, -0.15) is 0 Å². The third-order valence-electron chi connectivity index (χ3n) is 3.55. The Balaban J connectivity index is 2.42. The molecule has 1 fully saturated rings. The predicted molar refractivity (Wildman–Crippen MR) is 76.9 cm³/mol. The summed E-state index contributed by atoms with van der Waals surface area (Å²) < 4.78 is 5.24. The Kier molecular flexibility index (Phi) is 4.64. The summed E-state index contributed by atoms with van der Waals surface area (Å²) in [5, 5.41) is 20.7. The number of likely N-dealkylation sites (N-methyl/N-ethyl adjacent to an activating group) is 1. The lowest BCUT2D eigenvalue weighted by Gasteiger charge is -2.31. The number of hydrogen-bond acceptors (Lipinski definition) is 5. The molecule has 2 atom stereocenters. The van der Waals surface area contributed by atoms with Crippen LogP contribution in [0.1, 0.15) is 6.92 Å². The number of aliphatic carboxylic acids is 1. The van der Waals surface area contributed by atoms with Gasteiger partial charge in [-0.1, -0.05) is 11.6 Å². The van der Waals surface area contributed by atoms with Crippen molar-refractivity contribution in [3.8, 4) is 0 Å². The maximum atomic E-state index is 11.3. The first kappa shape index (κ1) is 15.5. The topological polar surface area (TPSA) is 92.9 Å². The number of benzene rings is 1. The Bertz CT molecular complexity index is 565. The van der Waals surface area contributed by atoms with E-state index in [4.69, 9.17) is 16.3 Å². The van der Waals surface area contributed by atoms with E-state index in [0.717, 1.165) is 0 Å². The molecular formula is C13H15ClN2O5. The average molecular weight is 315 g/mol. The van der Waals surface area contributed by atoms with Gasteiger partial charge in [0.1, 0.15) is 11.6 Å². The fourth-order valence-corrected chi connectivity index (χ4v) is 2.72. The van der Waals surface area contributed by atoms with Crippen LogP contribution in [-0.4, -0.2) is 41.8 Å². The first-order chi connectivity index (χ1) is 9.95. The molecule has 8 heteroatoms. The average Bonchev–Trinajstić information content (AvgIpc) is 2.90. The van der Waals surface area contributed by atoms with Crippen molar-refractivity contribution < 1.29 is 19.6 Å². The van der Waals surface area contributed by atoms with Crippen LogP contribution in [0.15, 0.2) is 18.2 Å². The number of carboxylic acid groups (broad SMARTS) is 1. The number of carbonyl (C=O) groups is 1. The van der Waals surface area contributed by atoms with E-state index < -0.39 is 22.9 Å². The summed E-state index contributed by atoms with van der Waals surface area (Å²) in [6.45, 7) is 2.58. The first-order valence-corrected chi connectivity index (χ1v) is 6.84. The van der Waals surface area contributed by atoms with E-state index in [0.29, 0.717) is 12.2 Å². The lowest BCUT2D eigenvalue weighted by atomic mass is 10.0. The molecule has 2 rings (SSSR count). The van der Waals surface area contributed by atoms with Gasteiger partial charge in [0.2, 0.25) is 0 Å². The number of hydrogen-bond donors (Lipinski definition) is 1. The van der Waals surface area contributed by atoms with Gasteiger partial charge in [0, 0.05) is 17.6 Å². The largest absolute Gasteiger partial charge is 0.481 e. The number of ether oxygens (including phenoxy) is 1. The molecule has 1 heterocycles. The third kappa shape index (κ3) is 3.08. The molecule has 0 radical (unpaired) electrons. The number of halogens is 1. The van der Waals surface area contributed by atoms with Crippen LogP contribution in [0.2, 0.25) is 5.02 Å². The number of nitro benzene ring substituents is 1. The molecule has 0 saturated carbocycles. The van der Waals surface area contributed by atoms with Crippen LogP contribution < -0.4 is 4.90 Å². The molecule has 1 N–H and O–H groups in total. The van der Waals surface area contributed by atoms with E-state index in [2.05, 4.69) is 0 Å². The second kappa shape index (κ2) is 6.28. The summed E-state index contributed by atoms with van der Waals surface area (Å²) in [5.74, 6) is -1.67. The van der Waals surface area contributed by atoms with Crippen molar-refractivity contribution in [2.45, 2.75) is 13.0 Å². The zero-order chi connectivity index (χ0) is 15.6. The van der Waals surface area contributed by atoms with Gasteiger partial charge in [0.05, 0.1) is 24.2 Å². The Morgan fingerprint density at radius 3 is 2.86 bits per heavy atom. The molecule has 0 spiro atoms. The number of nitro groups is 1. The van der Waals surface area contributed by atoms with Crippen LogP contribution in [0.3, 0.4) is 0 Å². The minimum Gasteiger partial charge on any atom is -0.481 e. The Labute approximate surface area is 126 Å². The zero-order valence-electron chi connectivity index (χ0n) is 11.4. The van der Waals surface area contributed by atoms with Gasteiger partial charge < -0.3 is 14.7 Å². The van der Waals surface area contributed by atoms with E-state index in [1.165, 1.54) is 6.07 Å². The van der Waals surface area contributed by atoms with Crippen molar-refractivity contribution in [1.29, 1.82) is 0 Å². The highest BCUT2D eigenvalue weighted by molar-refractivity contribution is 6.30. The van der Waals surface area contributed by atoms with E-state index in [-0.39, 0.29) is 23.9 Å². The summed E-state index contributed by atoms with van der Waals surface area (Å²) in [7, 11) is 0. The van der Waals surface area contributed by atoms with Crippen molar-refractivity contribution >= 4 is 28.9 Å². The van der Waals surface area contributed by atoms with Crippen LogP contribution in [0.5, 0.6) is 0 Å². The molecule has 0 aliphatic carbocycles. The molecule has 0 aromatic heterocycles. The van der Waals surface area contributed by atoms with Gasteiger partial charge in [0.15, 0.2) is 0 Å². The Morgan fingerprint density at radius 1 is 1.57 bits per heavy atom. The summed E-state index contributed by atoms with van der Waals surface area (Å²) in [5.41, 5.74) is 0.217. The lowest BCUT2D eigenvalue weighted by Crippen LogP contribution is -2.43. The molecule has 0 amide bonds. The number of anilines is 1. The van der Waals surface area contributed by atoms with Crippen LogP contribution in [-0.2, 0) is 9.53 Å². The Morgan fingerprint density at radius 2 is 2.29 bits per heavy atom. The molecule has 1 saturated heterocycles. The van der Waals surface area contributed by atoms with Crippen molar-refractivity contribution in [2.75, 3.05) is 24.7 Å². The van der Waals surface area contributed by atoms with Crippen LogP contribution >= 0.6 is 11.6 Å². The maximum absolute atomic E-state index is 11.3. The highest BCUT2D eigenvalue weighted by atomic mass is 35.5. The van der Waals surface area contributed by atoms with Crippen molar-refractivity contribution in [1.82, 2.24) is 0 Å². The van der Waals surface area contributed by atoms with Crippen LogP contribution in [0.25, 0.3) is 0 Å². The number of nitrogens with zero attached hydrogens (tertiary/aromatic N) is 2. The van der Waals surface area contributed by atoms with Crippen LogP contribution in [0.4, 0.5) is 11.4 Å². The van der Waals surface area contributed by atoms with Crippen molar-refractivity contribution in [3.05, 3.63) is 33.3 Å². The smallest absolute Gasteiger partial charge is 0.311 e. The predicted octanol–water partition coefficient (Wildman–Crippen LogP) is 2.17. The molecule has 1 aromatic rings. The minimum absolute atomic E-state index is 0.109. The fraction of sp³-hybridized carbons (Fsp3) is 0.462. The first-order valence-electron chi connectivity index (χ1n) is 6.46. The van der Waals surface area contributed by atoms with Crippen molar-refractivity contribution in [3.63, 3.8) is 0 Å². The molecule has 1 aliphatic rings. The molecule has 0 bridgehead atoms. The normalized spacial score (nSPS) is 21.2. The zero-order valence-corrected chi connectivity index (χ0v) is 12.1. The Hall–Kier alpha value is -1.86. The molecule has 2 unspecified atom stereocenters. The van der Waals surface area contributed by atoms with E-state index in [9.17, 15) is 20.0 Å². The summed E-state index contributed by atoms with van der Waals surface area (Å²) >= 11 is 5.81. The second-order valence-electron chi connectivity index (χ2n) is 4.73. The minimum atomic E-state index is -0.965. The standard InChI is InChI=1S/C13H15ClN2O5/c1-2-15(12-7-21-6-9(12)13(17)18)10-4-3-8(14)5-11(10)16(19)20/h3-5,9,12H,2,6-7H2,1H3,(H,17,18). The summed E-state index contributed by atoms with van der Waals surface area (Å²) in [6, 6.07) is 3.93. The summed E-state index contributed by atoms with van der Waals surface area (Å²) in [6.07, 6.45) is 0. The molecule has 114 valence electrons. The van der Waals surface area contributed by atoms with Gasteiger partial charge >= 0.3 is 5.97 Å². The second-order valence-corrected chi connectivity index (χ2v) is 5.16. The highest BCUT2D eigenvalue weighted by Crippen LogP contribution is 2.34. The molecule has 1 aliphatic heterocycles. The number of rotatable bonds is 5. The SMILES string of the molecule is CCN(c1ccc(Cl)cc1[N+](=O)[O-])C1COCC1C(=O)O. The van der Waals surface area contributed by atoms with Gasteiger partial charge in [-0.3, -0.25) is 14.9 Å². The van der Waals surface area contributed by atoms with E-state index in [1.54, 1.807) is 17.0 Å². The monoisotopic (exact) mass is 314 g/mol. The third-order valence-corrected chi connectivity index (χ3v) is 3.79. The summed E-state index contributed by atoms with van der Waals surface area (Å²) in [4.78, 5) is 23.6. The van der Waals surface area contributed by atoms with Gasteiger partial charge in [-0.25, -0.2) is 0 Å². The highest BCUT2D eigenvalue weighted by Gasteiger charge is 2.39. The molecule has 21 heavy (non-hydrogen) atoms. The lowest BCUT2D eigenvalue weighted by molar-refractivity contribution is -0.384. The quantitative estimate of drug-likeness (QED) is 0.661.